The van der Waals surface area contributed by atoms with Gasteiger partial charge in [-0.1, -0.05) is 0 Å². The third-order valence-electron chi connectivity index (χ3n) is 4.87. The SMILES string of the molecule is O=C(c1ccc(N2CCc3sccc3C2)c([N+](=O)[O-])c1)N1CCOCC1. The molecule has 4 rings (SSSR count). The van der Waals surface area contributed by atoms with Gasteiger partial charge in [0.1, 0.15) is 5.69 Å². The average Bonchev–Trinajstić information content (AvgIpc) is 3.15. The minimum atomic E-state index is -0.394. The predicted molar refractivity (Wildman–Crippen MR) is 98.9 cm³/mol. The lowest BCUT2D eigenvalue weighted by atomic mass is 10.1. The van der Waals surface area contributed by atoms with Crippen LogP contribution in [-0.2, 0) is 17.7 Å². The van der Waals surface area contributed by atoms with Gasteiger partial charge in [-0.3, -0.25) is 14.9 Å². The van der Waals surface area contributed by atoms with Crippen LogP contribution in [0.15, 0.2) is 29.6 Å². The molecule has 136 valence electrons. The fourth-order valence-corrected chi connectivity index (χ4v) is 4.36. The highest BCUT2D eigenvalue weighted by Gasteiger charge is 2.27. The summed E-state index contributed by atoms with van der Waals surface area (Å²) < 4.78 is 5.26. The molecule has 0 radical (unpaired) electrons. The fraction of sp³-hybridized carbons (Fsp3) is 0.389. The zero-order chi connectivity index (χ0) is 18.1. The van der Waals surface area contributed by atoms with Crippen LogP contribution in [0.1, 0.15) is 20.8 Å². The van der Waals surface area contributed by atoms with E-state index in [-0.39, 0.29) is 11.6 Å². The van der Waals surface area contributed by atoms with Crippen LogP contribution in [0.5, 0.6) is 0 Å². The predicted octanol–water partition coefficient (Wildman–Crippen LogP) is 2.69. The Labute approximate surface area is 154 Å². The zero-order valence-electron chi connectivity index (χ0n) is 14.2. The third-order valence-corrected chi connectivity index (χ3v) is 5.89. The van der Waals surface area contributed by atoms with Crippen molar-refractivity contribution in [1.82, 2.24) is 4.90 Å². The molecular formula is C18H19N3O4S. The number of carbonyl (C=O) groups is 1. The lowest BCUT2D eigenvalue weighted by molar-refractivity contribution is -0.384. The molecule has 0 spiro atoms. The minimum absolute atomic E-state index is 0.0113. The first-order valence-corrected chi connectivity index (χ1v) is 9.47. The Balaban J connectivity index is 1.62. The second kappa shape index (κ2) is 7.05. The van der Waals surface area contributed by atoms with Gasteiger partial charge < -0.3 is 14.5 Å². The first-order chi connectivity index (χ1) is 12.6. The van der Waals surface area contributed by atoms with Gasteiger partial charge in [-0.05, 0) is 35.6 Å². The number of benzene rings is 1. The van der Waals surface area contributed by atoms with Crippen molar-refractivity contribution >= 4 is 28.6 Å². The van der Waals surface area contributed by atoms with Gasteiger partial charge in [0.15, 0.2) is 0 Å². The smallest absolute Gasteiger partial charge is 0.293 e. The highest BCUT2D eigenvalue weighted by Crippen LogP contribution is 2.34. The van der Waals surface area contributed by atoms with Crippen LogP contribution in [0.3, 0.4) is 0 Å². The number of anilines is 1. The Morgan fingerprint density at radius 2 is 2.00 bits per heavy atom. The van der Waals surface area contributed by atoms with Crippen molar-refractivity contribution in [2.45, 2.75) is 13.0 Å². The molecule has 1 amide bonds. The van der Waals surface area contributed by atoms with Crippen LogP contribution in [0.25, 0.3) is 0 Å². The molecule has 0 atom stereocenters. The van der Waals surface area contributed by atoms with Crippen molar-refractivity contribution in [2.24, 2.45) is 0 Å². The molecule has 3 heterocycles. The van der Waals surface area contributed by atoms with E-state index in [4.69, 9.17) is 4.74 Å². The molecule has 0 N–H and O–H groups in total. The molecule has 1 fully saturated rings. The van der Waals surface area contributed by atoms with Crippen molar-refractivity contribution in [3.63, 3.8) is 0 Å². The maximum atomic E-state index is 12.6. The first kappa shape index (κ1) is 17.0. The molecule has 1 aromatic carbocycles. The molecule has 0 aliphatic carbocycles. The van der Waals surface area contributed by atoms with Gasteiger partial charge in [0, 0.05) is 42.7 Å². The summed E-state index contributed by atoms with van der Waals surface area (Å²) in [7, 11) is 0. The number of hydrogen-bond acceptors (Lipinski definition) is 6. The van der Waals surface area contributed by atoms with Gasteiger partial charge in [-0.25, -0.2) is 0 Å². The number of nitro groups is 1. The van der Waals surface area contributed by atoms with Gasteiger partial charge in [0.05, 0.1) is 18.1 Å². The Hall–Kier alpha value is -2.45. The third kappa shape index (κ3) is 3.17. The monoisotopic (exact) mass is 373 g/mol. The van der Waals surface area contributed by atoms with Gasteiger partial charge in [-0.2, -0.15) is 0 Å². The number of amides is 1. The van der Waals surface area contributed by atoms with E-state index < -0.39 is 4.92 Å². The van der Waals surface area contributed by atoms with Crippen LogP contribution < -0.4 is 4.90 Å². The van der Waals surface area contributed by atoms with E-state index in [9.17, 15) is 14.9 Å². The van der Waals surface area contributed by atoms with Crippen LogP contribution in [0.2, 0.25) is 0 Å². The minimum Gasteiger partial charge on any atom is -0.378 e. The van der Waals surface area contributed by atoms with Crippen molar-refractivity contribution in [2.75, 3.05) is 37.7 Å². The van der Waals surface area contributed by atoms with E-state index in [2.05, 4.69) is 11.4 Å². The van der Waals surface area contributed by atoms with Crippen molar-refractivity contribution in [1.29, 1.82) is 0 Å². The van der Waals surface area contributed by atoms with E-state index in [1.807, 2.05) is 4.90 Å². The molecule has 26 heavy (non-hydrogen) atoms. The van der Waals surface area contributed by atoms with Gasteiger partial charge in [-0.15, -0.1) is 11.3 Å². The molecule has 2 aliphatic heterocycles. The largest absolute Gasteiger partial charge is 0.378 e. The molecule has 8 heteroatoms. The number of carbonyl (C=O) groups excluding carboxylic acids is 1. The quantitative estimate of drug-likeness (QED) is 0.611. The van der Waals surface area contributed by atoms with Crippen molar-refractivity contribution in [3.8, 4) is 0 Å². The van der Waals surface area contributed by atoms with E-state index >= 15 is 0 Å². The van der Waals surface area contributed by atoms with E-state index in [1.165, 1.54) is 16.5 Å². The van der Waals surface area contributed by atoms with E-state index in [0.717, 1.165) is 13.0 Å². The second-order valence-electron chi connectivity index (χ2n) is 6.41. The topological polar surface area (TPSA) is 75.9 Å². The van der Waals surface area contributed by atoms with Gasteiger partial charge in [0.2, 0.25) is 0 Å². The van der Waals surface area contributed by atoms with Crippen LogP contribution in [-0.4, -0.2) is 48.6 Å². The van der Waals surface area contributed by atoms with E-state index in [1.54, 1.807) is 28.4 Å². The number of fused-ring (bicyclic) bond motifs is 1. The number of ether oxygens (including phenoxy) is 1. The number of hydrogen-bond donors (Lipinski definition) is 0. The summed E-state index contributed by atoms with van der Waals surface area (Å²) in [6.45, 7) is 3.44. The Morgan fingerprint density at radius 3 is 2.77 bits per heavy atom. The Morgan fingerprint density at radius 1 is 1.19 bits per heavy atom. The maximum Gasteiger partial charge on any atom is 0.293 e. The molecule has 0 bridgehead atoms. The number of morpholine rings is 1. The molecule has 0 saturated carbocycles. The summed E-state index contributed by atoms with van der Waals surface area (Å²) in [5.41, 5.74) is 2.15. The maximum absolute atomic E-state index is 12.6. The Kier molecular flexibility index (Phi) is 4.60. The first-order valence-electron chi connectivity index (χ1n) is 8.59. The van der Waals surface area contributed by atoms with Crippen LogP contribution >= 0.6 is 11.3 Å². The number of nitro benzene ring substituents is 1. The standard InChI is InChI=1S/C18H19N3O4S/c22-18(19-6-8-25-9-7-19)13-1-2-15(16(11-13)21(23)24)20-5-3-17-14(12-20)4-10-26-17/h1-2,4,10-11H,3,5-9,12H2. The number of nitrogens with zero attached hydrogens (tertiary/aromatic N) is 3. The lowest BCUT2D eigenvalue weighted by Gasteiger charge is -2.29. The number of rotatable bonds is 3. The van der Waals surface area contributed by atoms with Crippen molar-refractivity contribution < 1.29 is 14.5 Å². The number of thiophene rings is 1. The second-order valence-corrected chi connectivity index (χ2v) is 7.41. The molecule has 7 nitrogen and oxygen atoms in total. The summed E-state index contributed by atoms with van der Waals surface area (Å²) in [5, 5.41) is 13.7. The summed E-state index contributed by atoms with van der Waals surface area (Å²) in [4.78, 5) is 28.9. The van der Waals surface area contributed by atoms with Crippen LogP contribution in [0, 0.1) is 10.1 Å². The van der Waals surface area contributed by atoms with Gasteiger partial charge in [0.25, 0.3) is 11.6 Å². The molecule has 1 saturated heterocycles. The van der Waals surface area contributed by atoms with Crippen LogP contribution in [0.4, 0.5) is 11.4 Å². The average molecular weight is 373 g/mol. The summed E-state index contributed by atoms with van der Waals surface area (Å²) >= 11 is 1.73. The summed E-state index contributed by atoms with van der Waals surface area (Å²) in [5.74, 6) is -0.179. The summed E-state index contributed by atoms with van der Waals surface area (Å²) in [6, 6.07) is 6.90. The normalized spacial score (nSPS) is 17.1. The summed E-state index contributed by atoms with van der Waals surface area (Å²) in [6.07, 6.45) is 0.888. The highest BCUT2D eigenvalue weighted by atomic mass is 32.1. The highest BCUT2D eigenvalue weighted by molar-refractivity contribution is 7.10. The molecule has 2 aliphatic rings. The fourth-order valence-electron chi connectivity index (χ4n) is 3.47. The zero-order valence-corrected chi connectivity index (χ0v) is 15.0. The van der Waals surface area contributed by atoms with Crippen molar-refractivity contribution in [3.05, 3.63) is 55.8 Å². The molecule has 2 aromatic rings. The molecule has 0 unspecified atom stereocenters. The molecule has 1 aromatic heterocycles. The Bertz CT molecular complexity index is 845. The van der Waals surface area contributed by atoms with Gasteiger partial charge >= 0.3 is 0 Å². The lowest BCUT2D eigenvalue weighted by Crippen LogP contribution is -2.40. The molecular weight excluding hydrogens is 354 g/mol. The van der Waals surface area contributed by atoms with E-state index in [0.29, 0.717) is 44.1 Å².